The monoisotopic (exact) mass is 433 g/mol. The summed E-state index contributed by atoms with van der Waals surface area (Å²) in [6.07, 6.45) is 5.99. The van der Waals surface area contributed by atoms with Crippen LogP contribution >= 0.6 is 0 Å². The summed E-state index contributed by atoms with van der Waals surface area (Å²) in [5, 5.41) is 9.72. The summed E-state index contributed by atoms with van der Waals surface area (Å²) in [7, 11) is 0. The zero-order valence-corrected chi connectivity index (χ0v) is 19.0. The molecule has 1 unspecified atom stereocenters. The molecule has 2 aromatic rings. The van der Waals surface area contributed by atoms with E-state index in [1.807, 2.05) is 25.1 Å². The van der Waals surface area contributed by atoms with Gasteiger partial charge in [-0.2, -0.15) is 5.26 Å². The van der Waals surface area contributed by atoms with Crippen molar-refractivity contribution in [2.45, 2.75) is 45.9 Å². The second-order valence-corrected chi connectivity index (χ2v) is 8.63. The van der Waals surface area contributed by atoms with Gasteiger partial charge in [0.25, 0.3) is 5.91 Å². The molecular formula is C25H31N5O2. The Morgan fingerprint density at radius 1 is 1.28 bits per heavy atom. The number of piperazine rings is 1. The van der Waals surface area contributed by atoms with E-state index in [0.717, 1.165) is 68.3 Å². The molecule has 0 radical (unpaired) electrons. The van der Waals surface area contributed by atoms with Gasteiger partial charge in [0.2, 0.25) is 0 Å². The number of hydrogen-bond acceptors (Lipinski definition) is 5. The lowest BCUT2D eigenvalue weighted by molar-refractivity contribution is -0.128. The van der Waals surface area contributed by atoms with Crippen molar-refractivity contribution in [1.82, 2.24) is 19.4 Å². The molecule has 0 spiro atoms. The summed E-state index contributed by atoms with van der Waals surface area (Å²) in [4.78, 5) is 21.5. The molecule has 7 heteroatoms. The molecule has 2 saturated heterocycles. The first-order chi connectivity index (χ1) is 15.5. The van der Waals surface area contributed by atoms with Gasteiger partial charge in [-0.3, -0.25) is 14.7 Å². The Bertz CT molecular complexity index is 1010. The Hall–Kier alpha value is -2.95. The van der Waals surface area contributed by atoms with E-state index in [-0.39, 0.29) is 17.6 Å². The van der Waals surface area contributed by atoms with Crippen LogP contribution < -0.4 is 0 Å². The molecule has 32 heavy (non-hydrogen) atoms. The highest BCUT2D eigenvalue weighted by atomic mass is 16.5. The van der Waals surface area contributed by atoms with Crippen LogP contribution in [0.1, 0.15) is 35.5 Å². The van der Waals surface area contributed by atoms with Gasteiger partial charge in [0.15, 0.2) is 0 Å². The van der Waals surface area contributed by atoms with Crippen LogP contribution in [0.25, 0.3) is 6.08 Å². The zero-order valence-electron chi connectivity index (χ0n) is 19.0. The first-order valence-electron chi connectivity index (χ1n) is 11.4. The molecule has 2 aliphatic heterocycles. The van der Waals surface area contributed by atoms with Crippen molar-refractivity contribution < 1.29 is 9.53 Å². The van der Waals surface area contributed by atoms with Gasteiger partial charge >= 0.3 is 0 Å². The third-order valence-corrected chi connectivity index (χ3v) is 6.44. The highest BCUT2D eigenvalue weighted by molar-refractivity contribution is 6.01. The standard InChI is InChI=1S/C25H31N5O2/c1-19-14-21(20(2)30(19)18-24-7-5-13-32-24)15-22(16-26)25(31)29-11-9-28(10-12-29)17-23-6-3-4-8-27-23/h3-4,6,8,14-15,24H,5,7,9-13,17-18H2,1-2H3/b22-15+. The molecule has 7 nitrogen and oxygen atoms in total. The van der Waals surface area contributed by atoms with Gasteiger partial charge in [0, 0.05) is 63.5 Å². The van der Waals surface area contributed by atoms with Crippen molar-refractivity contribution in [3.05, 3.63) is 58.7 Å². The molecule has 4 heterocycles. The topological polar surface area (TPSA) is 74.4 Å². The molecule has 1 atom stereocenters. The van der Waals surface area contributed by atoms with E-state index in [1.54, 1.807) is 17.2 Å². The van der Waals surface area contributed by atoms with E-state index >= 15 is 0 Å². The van der Waals surface area contributed by atoms with Crippen LogP contribution in [0, 0.1) is 25.2 Å². The van der Waals surface area contributed by atoms with E-state index < -0.39 is 0 Å². The van der Waals surface area contributed by atoms with Crippen molar-refractivity contribution >= 4 is 12.0 Å². The minimum Gasteiger partial charge on any atom is -0.376 e. The van der Waals surface area contributed by atoms with Crippen LogP contribution in [-0.2, 0) is 22.6 Å². The van der Waals surface area contributed by atoms with E-state index in [2.05, 4.69) is 33.5 Å². The van der Waals surface area contributed by atoms with Crippen LogP contribution in [0.4, 0.5) is 0 Å². The number of aromatic nitrogens is 2. The average molecular weight is 434 g/mol. The Kier molecular flexibility index (Phi) is 7.03. The molecule has 4 rings (SSSR count). The largest absolute Gasteiger partial charge is 0.376 e. The zero-order chi connectivity index (χ0) is 22.5. The van der Waals surface area contributed by atoms with E-state index in [1.165, 1.54) is 0 Å². The lowest BCUT2D eigenvalue weighted by Crippen LogP contribution is -2.48. The van der Waals surface area contributed by atoms with Gasteiger partial charge in [-0.1, -0.05) is 6.07 Å². The average Bonchev–Trinajstić information content (AvgIpc) is 3.42. The number of nitriles is 1. The number of pyridine rings is 1. The summed E-state index contributed by atoms with van der Waals surface area (Å²) >= 11 is 0. The summed E-state index contributed by atoms with van der Waals surface area (Å²) in [5.41, 5.74) is 4.35. The first kappa shape index (κ1) is 22.3. The number of amides is 1. The quantitative estimate of drug-likeness (QED) is 0.517. The maximum atomic E-state index is 13.1. The maximum Gasteiger partial charge on any atom is 0.264 e. The second kappa shape index (κ2) is 10.1. The summed E-state index contributed by atoms with van der Waals surface area (Å²) in [6.45, 7) is 9.32. The van der Waals surface area contributed by atoms with Gasteiger partial charge in [0.05, 0.1) is 11.8 Å². The Balaban J connectivity index is 1.40. The Labute approximate surface area is 189 Å². The van der Waals surface area contributed by atoms with E-state index in [9.17, 15) is 10.1 Å². The number of ether oxygens (including phenoxy) is 1. The van der Waals surface area contributed by atoms with Crippen LogP contribution in [0.15, 0.2) is 36.0 Å². The molecule has 168 valence electrons. The molecule has 0 saturated carbocycles. The lowest BCUT2D eigenvalue weighted by atomic mass is 10.1. The van der Waals surface area contributed by atoms with Crippen LogP contribution in [0.2, 0.25) is 0 Å². The number of hydrogen-bond donors (Lipinski definition) is 0. The van der Waals surface area contributed by atoms with Gasteiger partial charge in [0.1, 0.15) is 11.6 Å². The van der Waals surface area contributed by atoms with Gasteiger partial charge in [-0.25, -0.2) is 0 Å². The number of aryl methyl sites for hydroxylation is 1. The minimum atomic E-state index is -0.186. The number of carbonyl (C=O) groups excluding carboxylic acids is 1. The first-order valence-corrected chi connectivity index (χ1v) is 11.4. The molecular weight excluding hydrogens is 402 g/mol. The molecule has 1 amide bonds. The summed E-state index contributed by atoms with van der Waals surface area (Å²) in [5.74, 6) is -0.186. The predicted octanol–water partition coefficient (Wildman–Crippen LogP) is 2.93. The fraction of sp³-hybridized carbons (Fsp3) is 0.480. The van der Waals surface area contributed by atoms with Gasteiger partial charge in [-0.05, 0) is 56.5 Å². The molecule has 0 aromatic carbocycles. The van der Waals surface area contributed by atoms with Crippen LogP contribution in [-0.4, -0.2) is 64.1 Å². The predicted molar refractivity (Wildman–Crippen MR) is 123 cm³/mol. The van der Waals surface area contributed by atoms with Gasteiger partial charge in [-0.15, -0.1) is 0 Å². The van der Waals surface area contributed by atoms with Crippen LogP contribution in [0.5, 0.6) is 0 Å². The Morgan fingerprint density at radius 2 is 2.09 bits per heavy atom. The van der Waals surface area contributed by atoms with Crippen molar-refractivity contribution in [2.24, 2.45) is 0 Å². The third kappa shape index (κ3) is 5.09. The second-order valence-electron chi connectivity index (χ2n) is 8.63. The molecule has 0 aliphatic carbocycles. The number of carbonyl (C=O) groups is 1. The molecule has 0 bridgehead atoms. The molecule has 2 aliphatic rings. The van der Waals surface area contributed by atoms with Crippen molar-refractivity contribution in [3.8, 4) is 6.07 Å². The highest BCUT2D eigenvalue weighted by Gasteiger charge is 2.25. The Morgan fingerprint density at radius 3 is 2.75 bits per heavy atom. The van der Waals surface area contributed by atoms with E-state index in [4.69, 9.17) is 4.74 Å². The molecule has 2 aromatic heterocycles. The number of rotatable bonds is 6. The van der Waals surface area contributed by atoms with Crippen molar-refractivity contribution in [3.63, 3.8) is 0 Å². The third-order valence-electron chi connectivity index (χ3n) is 6.44. The fourth-order valence-corrected chi connectivity index (χ4v) is 4.54. The number of nitrogens with zero attached hydrogens (tertiary/aromatic N) is 5. The SMILES string of the molecule is Cc1cc(/C=C(\C#N)C(=O)N2CCN(Cc3ccccn3)CC2)c(C)n1CC1CCCO1. The fourth-order valence-electron chi connectivity index (χ4n) is 4.54. The minimum absolute atomic E-state index is 0.186. The summed E-state index contributed by atoms with van der Waals surface area (Å²) < 4.78 is 8.02. The van der Waals surface area contributed by atoms with Crippen molar-refractivity contribution in [1.29, 1.82) is 5.26 Å². The lowest BCUT2D eigenvalue weighted by Gasteiger charge is -2.34. The summed E-state index contributed by atoms with van der Waals surface area (Å²) in [6, 6.07) is 10.1. The normalized spacial score (nSPS) is 19.8. The van der Waals surface area contributed by atoms with Gasteiger partial charge < -0.3 is 14.2 Å². The maximum absolute atomic E-state index is 13.1. The highest BCUT2D eigenvalue weighted by Crippen LogP contribution is 2.22. The smallest absolute Gasteiger partial charge is 0.264 e. The molecule has 0 N–H and O–H groups in total. The van der Waals surface area contributed by atoms with Crippen molar-refractivity contribution in [2.75, 3.05) is 32.8 Å². The van der Waals surface area contributed by atoms with E-state index in [0.29, 0.717) is 13.1 Å². The molecule has 2 fully saturated rings. The van der Waals surface area contributed by atoms with Crippen LogP contribution in [0.3, 0.4) is 0 Å².